The fraction of sp³-hybridized carbons (Fsp3) is 0.650. The van der Waals surface area contributed by atoms with E-state index >= 15 is 0 Å². The number of piperidine rings is 1. The lowest BCUT2D eigenvalue weighted by molar-refractivity contribution is 0.358. The predicted molar refractivity (Wildman–Crippen MR) is 120 cm³/mol. The van der Waals surface area contributed by atoms with Crippen molar-refractivity contribution in [1.82, 2.24) is 18.8 Å². The van der Waals surface area contributed by atoms with Gasteiger partial charge in [-0.05, 0) is 43.9 Å². The lowest BCUT2D eigenvalue weighted by Gasteiger charge is -2.31. The SMILES string of the molecule is CSCSN1CCC(Nc2ncc3ccc(=O)n(C4CCCC4C)c3n2)CC1. The Labute approximate surface area is 175 Å². The molecular formula is C20H29N5OS2. The molecule has 0 amide bonds. The molecule has 2 atom stereocenters. The fourth-order valence-corrected chi connectivity index (χ4v) is 5.86. The standard InChI is InChI=1S/C20H29N5OS2/c1-14-4-3-5-17(14)25-18(26)7-6-15-12-21-20(23-19(15)25)22-16-8-10-24(11-9-16)28-13-27-2/h6-7,12,14,16-17H,3-5,8-11,13H2,1-2H3,(H,21,22,23). The number of fused-ring (bicyclic) bond motifs is 1. The van der Waals surface area contributed by atoms with Gasteiger partial charge in [0.2, 0.25) is 5.95 Å². The molecule has 1 N–H and O–H groups in total. The van der Waals surface area contributed by atoms with Crippen LogP contribution < -0.4 is 10.9 Å². The quantitative estimate of drug-likeness (QED) is 0.561. The van der Waals surface area contributed by atoms with Crippen molar-refractivity contribution >= 4 is 40.7 Å². The van der Waals surface area contributed by atoms with Crippen LogP contribution in [0.15, 0.2) is 23.1 Å². The number of thioether (sulfide) groups is 1. The molecule has 6 nitrogen and oxygen atoms in total. The van der Waals surface area contributed by atoms with Gasteiger partial charge in [0.1, 0.15) is 5.65 Å². The molecule has 2 aromatic heterocycles. The van der Waals surface area contributed by atoms with Crippen molar-refractivity contribution in [3.63, 3.8) is 0 Å². The van der Waals surface area contributed by atoms with Crippen molar-refractivity contribution in [3.8, 4) is 0 Å². The molecule has 1 saturated heterocycles. The average Bonchev–Trinajstić information content (AvgIpc) is 3.13. The molecule has 1 aliphatic carbocycles. The van der Waals surface area contributed by atoms with Gasteiger partial charge in [-0.3, -0.25) is 9.36 Å². The third-order valence-electron chi connectivity index (χ3n) is 5.96. The van der Waals surface area contributed by atoms with Crippen LogP contribution in [0.25, 0.3) is 11.0 Å². The summed E-state index contributed by atoms with van der Waals surface area (Å²) in [7, 11) is 0. The van der Waals surface area contributed by atoms with Gasteiger partial charge in [0.25, 0.3) is 5.56 Å². The van der Waals surface area contributed by atoms with Crippen molar-refractivity contribution in [1.29, 1.82) is 0 Å². The number of nitrogens with one attached hydrogen (secondary N) is 1. The third kappa shape index (κ3) is 4.33. The molecule has 2 aromatic rings. The van der Waals surface area contributed by atoms with Crippen LogP contribution in [0.2, 0.25) is 0 Å². The molecule has 3 heterocycles. The maximum Gasteiger partial charge on any atom is 0.252 e. The summed E-state index contributed by atoms with van der Waals surface area (Å²) in [4.78, 5) is 22.0. The lowest BCUT2D eigenvalue weighted by atomic mass is 10.1. The fourth-order valence-electron chi connectivity index (χ4n) is 4.38. The van der Waals surface area contributed by atoms with Gasteiger partial charge < -0.3 is 5.32 Å². The first-order valence-corrected chi connectivity index (χ1v) is 12.5. The number of anilines is 1. The Kier molecular flexibility index (Phi) is 6.48. The van der Waals surface area contributed by atoms with Crippen molar-refractivity contribution in [2.75, 3.05) is 29.7 Å². The highest BCUT2D eigenvalue weighted by Gasteiger charge is 2.27. The summed E-state index contributed by atoms with van der Waals surface area (Å²) in [6.07, 6.45) is 9.58. The van der Waals surface area contributed by atoms with Crippen LogP contribution in [0.5, 0.6) is 0 Å². The minimum absolute atomic E-state index is 0.0510. The van der Waals surface area contributed by atoms with Crippen LogP contribution in [0.4, 0.5) is 5.95 Å². The van der Waals surface area contributed by atoms with E-state index in [-0.39, 0.29) is 11.6 Å². The molecule has 0 aromatic carbocycles. The topological polar surface area (TPSA) is 63.1 Å². The maximum absolute atomic E-state index is 12.7. The van der Waals surface area contributed by atoms with E-state index in [1.165, 1.54) is 12.8 Å². The largest absolute Gasteiger partial charge is 0.351 e. The molecule has 2 aliphatic rings. The van der Waals surface area contributed by atoms with Gasteiger partial charge in [0, 0.05) is 42.8 Å². The molecule has 1 aliphatic heterocycles. The van der Waals surface area contributed by atoms with E-state index in [0.29, 0.717) is 17.9 Å². The second kappa shape index (κ2) is 9.05. The van der Waals surface area contributed by atoms with Gasteiger partial charge in [-0.25, -0.2) is 9.29 Å². The Bertz CT molecular complexity index is 865. The number of aromatic nitrogens is 3. The molecule has 4 rings (SSSR count). The number of rotatable bonds is 6. The molecule has 2 fully saturated rings. The predicted octanol–water partition coefficient (Wildman–Crippen LogP) is 4.00. The molecule has 2 unspecified atom stereocenters. The van der Waals surface area contributed by atoms with E-state index in [4.69, 9.17) is 4.98 Å². The summed E-state index contributed by atoms with van der Waals surface area (Å²) in [5.74, 6) is 1.16. The van der Waals surface area contributed by atoms with Gasteiger partial charge in [-0.2, -0.15) is 16.7 Å². The highest BCUT2D eigenvalue weighted by molar-refractivity contribution is 8.14. The van der Waals surface area contributed by atoms with E-state index in [0.717, 1.165) is 48.5 Å². The molecule has 28 heavy (non-hydrogen) atoms. The highest BCUT2D eigenvalue weighted by atomic mass is 32.2. The summed E-state index contributed by atoms with van der Waals surface area (Å²) in [6.45, 7) is 4.41. The van der Waals surface area contributed by atoms with Crippen LogP contribution >= 0.6 is 23.7 Å². The van der Waals surface area contributed by atoms with Crippen molar-refractivity contribution < 1.29 is 0 Å². The maximum atomic E-state index is 12.7. The number of hydrogen-bond donors (Lipinski definition) is 1. The van der Waals surface area contributed by atoms with Gasteiger partial charge in [-0.1, -0.05) is 25.3 Å². The van der Waals surface area contributed by atoms with E-state index < -0.39 is 0 Å². The Morgan fingerprint density at radius 3 is 2.75 bits per heavy atom. The molecule has 0 bridgehead atoms. The molecule has 0 spiro atoms. The van der Waals surface area contributed by atoms with Crippen LogP contribution in [-0.2, 0) is 0 Å². The summed E-state index contributed by atoms with van der Waals surface area (Å²) >= 11 is 3.80. The Balaban J connectivity index is 1.52. The first-order valence-electron chi connectivity index (χ1n) is 10.2. The van der Waals surface area contributed by atoms with E-state index in [1.54, 1.807) is 6.07 Å². The lowest BCUT2D eigenvalue weighted by Crippen LogP contribution is -2.36. The van der Waals surface area contributed by atoms with E-state index in [2.05, 4.69) is 27.8 Å². The molecule has 1 saturated carbocycles. The third-order valence-corrected chi connectivity index (χ3v) is 8.05. The minimum atomic E-state index is 0.0510. The van der Waals surface area contributed by atoms with Gasteiger partial charge >= 0.3 is 0 Å². The van der Waals surface area contributed by atoms with Crippen LogP contribution in [-0.4, -0.2) is 49.3 Å². The zero-order chi connectivity index (χ0) is 19.5. The molecule has 0 radical (unpaired) electrons. The monoisotopic (exact) mass is 419 g/mol. The second-order valence-electron chi connectivity index (χ2n) is 7.87. The Hall–Kier alpha value is -1.25. The van der Waals surface area contributed by atoms with Gasteiger partial charge in [0.05, 0.1) is 5.08 Å². The number of nitrogens with zero attached hydrogens (tertiary/aromatic N) is 4. The molecule has 8 heteroatoms. The summed E-state index contributed by atoms with van der Waals surface area (Å²) in [6, 6.07) is 4.14. The second-order valence-corrected chi connectivity index (χ2v) is 10.2. The van der Waals surface area contributed by atoms with Crippen LogP contribution in [0, 0.1) is 5.92 Å². The Morgan fingerprint density at radius 2 is 2.04 bits per heavy atom. The van der Waals surface area contributed by atoms with Gasteiger partial charge in [-0.15, -0.1) is 0 Å². The molecule has 152 valence electrons. The van der Waals surface area contributed by atoms with Crippen LogP contribution in [0.3, 0.4) is 0 Å². The normalized spacial score (nSPS) is 24.1. The first kappa shape index (κ1) is 20.0. The summed E-state index contributed by atoms with van der Waals surface area (Å²) in [5.41, 5.74) is 0.826. The summed E-state index contributed by atoms with van der Waals surface area (Å²) < 4.78 is 4.37. The number of hydrogen-bond acceptors (Lipinski definition) is 7. The van der Waals surface area contributed by atoms with Gasteiger partial charge in [0.15, 0.2) is 0 Å². The zero-order valence-electron chi connectivity index (χ0n) is 16.6. The van der Waals surface area contributed by atoms with E-state index in [1.807, 2.05) is 40.5 Å². The van der Waals surface area contributed by atoms with E-state index in [9.17, 15) is 4.79 Å². The minimum Gasteiger partial charge on any atom is -0.351 e. The smallest absolute Gasteiger partial charge is 0.252 e. The van der Waals surface area contributed by atoms with Crippen molar-refractivity contribution in [3.05, 3.63) is 28.7 Å². The van der Waals surface area contributed by atoms with Crippen molar-refractivity contribution in [2.45, 2.75) is 51.1 Å². The van der Waals surface area contributed by atoms with Crippen molar-refractivity contribution in [2.24, 2.45) is 5.92 Å². The zero-order valence-corrected chi connectivity index (χ0v) is 18.3. The first-order chi connectivity index (χ1) is 13.7. The molecular weight excluding hydrogens is 390 g/mol. The number of pyridine rings is 1. The van der Waals surface area contributed by atoms with Crippen LogP contribution in [0.1, 0.15) is 45.1 Å². The summed E-state index contributed by atoms with van der Waals surface area (Å²) in [5, 5.41) is 5.57. The Morgan fingerprint density at radius 1 is 1.21 bits per heavy atom. The highest BCUT2D eigenvalue weighted by Crippen LogP contribution is 2.35. The average molecular weight is 420 g/mol.